The van der Waals surface area contributed by atoms with Gasteiger partial charge in [-0.2, -0.15) is 0 Å². The third-order valence-corrected chi connectivity index (χ3v) is 8.10. The van der Waals surface area contributed by atoms with E-state index in [0.717, 1.165) is 43.2 Å². The lowest BCUT2D eigenvalue weighted by molar-refractivity contribution is -0.124. The Morgan fingerprint density at radius 3 is 2.10 bits per heavy atom. The summed E-state index contributed by atoms with van der Waals surface area (Å²) in [5.41, 5.74) is 4.65. The molecule has 2 N–H and O–H groups in total. The predicted octanol–water partition coefficient (Wildman–Crippen LogP) is 5.43. The fourth-order valence-electron chi connectivity index (χ4n) is 5.51. The monoisotopic (exact) mass is 527 g/mol. The summed E-state index contributed by atoms with van der Waals surface area (Å²) in [4.78, 5) is 28.5. The molecule has 206 valence electrons. The highest BCUT2D eigenvalue weighted by Crippen LogP contribution is 2.36. The molecule has 3 aromatic carbocycles. The third kappa shape index (κ3) is 7.93. The van der Waals surface area contributed by atoms with Gasteiger partial charge in [0.1, 0.15) is 12.6 Å². The number of benzene rings is 3. The molecule has 1 saturated carbocycles. The number of carbonyl (C=O) groups is 2. The maximum atomic E-state index is 13.5. The molecule has 1 aliphatic carbocycles. The van der Waals surface area contributed by atoms with Crippen LogP contribution < -0.4 is 10.6 Å². The van der Waals surface area contributed by atoms with Crippen molar-refractivity contribution in [2.45, 2.75) is 69.7 Å². The van der Waals surface area contributed by atoms with Crippen molar-refractivity contribution in [2.24, 2.45) is 0 Å². The molecule has 4 rings (SSSR count). The molecule has 1 unspecified atom stereocenters. The number of likely N-dealkylation sites (N-methyl/N-ethyl adjacent to an activating group) is 1. The lowest BCUT2D eigenvalue weighted by Crippen LogP contribution is -2.55. The fraction of sp³-hybridized carbons (Fsp3) is 0.394. The molecule has 39 heavy (non-hydrogen) atoms. The van der Waals surface area contributed by atoms with Gasteiger partial charge in [-0.15, -0.1) is 0 Å². The van der Waals surface area contributed by atoms with Gasteiger partial charge in [0.2, 0.25) is 5.91 Å². The third-order valence-electron chi connectivity index (χ3n) is 8.10. The second-order valence-corrected chi connectivity index (χ2v) is 11.0. The van der Waals surface area contributed by atoms with Gasteiger partial charge >= 0.3 is 6.09 Å². The normalized spacial score (nSPS) is 19.7. The van der Waals surface area contributed by atoms with Crippen molar-refractivity contribution < 1.29 is 14.3 Å². The average molecular weight is 528 g/mol. The van der Waals surface area contributed by atoms with Crippen LogP contribution in [-0.2, 0) is 29.0 Å². The molecule has 0 aromatic heterocycles. The van der Waals surface area contributed by atoms with Crippen LogP contribution in [0.25, 0.3) is 0 Å². The van der Waals surface area contributed by atoms with Gasteiger partial charge in [0.15, 0.2) is 0 Å². The van der Waals surface area contributed by atoms with Gasteiger partial charge in [0.05, 0.1) is 0 Å². The molecular formula is C33H41N3O3. The molecule has 1 fully saturated rings. The molecule has 0 spiro atoms. The maximum Gasteiger partial charge on any atom is 0.408 e. The Morgan fingerprint density at radius 2 is 1.49 bits per heavy atom. The first-order chi connectivity index (χ1) is 18.8. The number of ether oxygens (including phenoxy) is 1. The topological polar surface area (TPSA) is 70.7 Å². The number of alkyl carbamates (subject to hydrolysis) is 1. The van der Waals surface area contributed by atoms with Gasteiger partial charge in [-0.05, 0) is 75.4 Å². The van der Waals surface area contributed by atoms with E-state index < -0.39 is 12.1 Å². The van der Waals surface area contributed by atoms with Crippen LogP contribution in [0.1, 0.15) is 47.9 Å². The van der Waals surface area contributed by atoms with Crippen LogP contribution >= 0.6 is 0 Å². The molecule has 0 saturated heterocycles. The van der Waals surface area contributed by atoms with Crippen LogP contribution in [0.5, 0.6) is 0 Å². The summed E-state index contributed by atoms with van der Waals surface area (Å²) in [6.07, 6.45) is 4.58. The molecular weight excluding hydrogens is 486 g/mol. The summed E-state index contributed by atoms with van der Waals surface area (Å²) in [6, 6.07) is 27.2. The van der Waals surface area contributed by atoms with Crippen LogP contribution in [0.15, 0.2) is 84.9 Å². The van der Waals surface area contributed by atoms with E-state index in [-0.39, 0.29) is 24.1 Å². The summed E-state index contributed by atoms with van der Waals surface area (Å²) in [6.45, 7) is 2.33. The largest absolute Gasteiger partial charge is 0.445 e. The zero-order chi connectivity index (χ0) is 27.7. The predicted molar refractivity (Wildman–Crippen MR) is 155 cm³/mol. The van der Waals surface area contributed by atoms with Crippen molar-refractivity contribution in [2.75, 3.05) is 14.1 Å². The average Bonchev–Trinajstić information content (AvgIpc) is 2.95. The Kier molecular flexibility index (Phi) is 9.77. The van der Waals surface area contributed by atoms with E-state index in [9.17, 15) is 9.59 Å². The van der Waals surface area contributed by atoms with E-state index in [0.29, 0.717) is 6.42 Å². The quantitative estimate of drug-likeness (QED) is 0.369. The number of hydrogen-bond donors (Lipinski definition) is 2. The van der Waals surface area contributed by atoms with Crippen LogP contribution in [0.3, 0.4) is 0 Å². The molecule has 0 aliphatic heterocycles. The van der Waals surface area contributed by atoms with Crippen molar-refractivity contribution in [3.8, 4) is 0 Å². The lowest BCUT2D eigenvalue weighted by Gasteiger charge is -2.46. The number of hydrogen-bond acceptors (Lipinski definition) is 4. The van der Waals surface area contributed by atoms with Gasteiger partial charge in [-0.3, -0.25) is 4.79 Å². The minimum Gasteiger partial charge on any atom is -0.445 e. The number of carbonyl (C=O) groups excluding carboxylic acids is 2. The van der Waals surface area contributed by atoms with Gasteiger partial charge in [0, 0.05) is 18.0 Å². The van der Waals surface area contributed by atoms with Gasteiger partial charge in [0.25, 0.3) is 0 Å². The first kappa shape index (κ1) is 28.4. The zero-order valence-electron chi connectivity index (χ0n) is 23.4. The number of rotatable bonds is 10. The Hall–Kier alpha value is -3.64. The zero-order valence-corrected chi connectivity index (χ0v) is 23.4. The Balaban J connectivity index is 1.37. The Bertz CT molecular complexity index is 1210. The van der Waals surface area contributed by atoms with E-state index in [1.165, 1.54) is 11.1 Å². The summed E-state index contributed by atoms with van der Waals surface area (Å²) < 4.78 is 5.42. The highest BCUT2D eigenvalue weighted by Gasteiger charge is 2.38. The molecule has 0 bridgehead atoms. The SMILES string of the molecule is Cc1ccccc1CC1(N(C)C)CCC(NC(=O)C(Cc2ccccc2)NC(=O)OCc2ccccc2)CC1. The van der Waals surface area contributed by atoms with Crippen molar-refractivity contribution in [1.82, 2.24) is 15.5 Å². The molecule has 6 heteroatoms. The first-order valence-corrected chi connectivity index (χ1v) is 13.9. The van der Waals surface area contributed by atoms with Crippen LogP contribution in [0, 0.1) is 6.92 Å². The van der Waals surface area contributed by atoms with E-state index in [4.69, 9.17) is 4.74 Å². The second kappa shape index (κ2) is 13.4. The van der Waals surface area contributed by atoms with Gasteiger partial charge < -0.3 is 20.3 Å². The summed E-state index contributed by atoms with van der Waals surface area (Å²) >= 11 is 0. The smallest absolute Gasteiger partial charge is 0.408 e. The Labute approximate surface area is 232 Å². The van der Waals surface area contributed by atoms with E-state index in [1.54, 1.807) is 0 Å². The van der Waals surface area contributed by atoms with Crippen molar-refractivity contribution >= 4 is 12.0 Å². The van der Waals surface area contributed by atoms with Crippen LogP contribution in [0.4, 0.5) is 4.79 Å². The van der Waals surface area contributed by atoms with Crippen molar-refractivity contribution in [3.05, 3.63) is 107 Å². The van der Waals surface area contributed by atoms with E-state index >= 15 is 0 Å². The van der Waals surface area contributed by atoms with Gasteiger partial charge in [-0.1, -0.05) is 84.9 Å². The molecule has 1 atom stereocenters. The number of nitrogens with one attached hydrogen (secondary N) is 2. The van der Waals surface area contributed by atoms with Crippen molar-refractivity contribution in [3.63, 3.8) is 0 Å². The van der Waals surface area contributed by atoms with Gasteiger partial charge in [-0.25, -0.2) is 4.79 Å². The first-order valence-electron chi connectivity index (χ1n) is 13.9. The minimum absolute atomic E-state index is 0.0657. The molecule has 6 nitrogen and oxygen atoms in total. The van der Waals surface area contributed by atoms with Crippen LogP contribution in [-0.4, -0.2) is 48.6 Å². The van der Waals surface area contributed by atoms with Crippen LogP contribution in [0.2, 0.25) is 0 Å². The number of aryl methyl sites for hydroxylation is 1. The highest BCUT2D eigenvalue weighted by molar-refractivity contribution is 5.86. The molecule has 3 aromatic rings. The molecule has 0 radical (unpaired) electrons. The lowest BCUT2D eigenvalue weighted by atomic mass is 9.74. The number of nitrogens with zero attached hydrogens (tertiary/aromatic N) is 1. The second-order valence-electron chi connectivity index (χ2n) is 11.0. The Morgan fingerprint density at radius 1 is 0.897 bits per heavy atom. The van der Waals surface area contributed by atoms with Crippen molar-refractivity contribution in [1.29, 1.82) is 0 Å². The number of amides is 2. The summed E-state index contributed by atoms with van der Waals surface area (Å²) in [5, 5.41) is 6.06. The maximum absolute atomic E-state index is 13.5. The van der Waals surface area contributed by atoms with E-state index in [2.05, 4.69) is 60.8 Å². The molecule has 2 amide bonds. The highest BCUT2D eigenvalue weighted by atomic mass is 16.5. The summed E-state index contributed by atoms with van der Waals surface area (Å²) in [7, 11) is 4.33. The van der Waals surface area contributed by atoms with E-state index in [1.807, 2.05) is 60.7 Å². The molecule has 0 heterocycles. The molecule has 1 aliphatic rings. The standard InChI is InChI=1S/C33H41N3O3/c1-25-12-10-11-17-28(25)23-33(36(2)3)20-18-29(19-21-33)34-31(37)30(22-26-13-6-4-7-14-26)35-32(38)39-24-27-15-8-5-9-16-27/h4-17,29-30H,18-24H2,1-3H3,(H,34,37)(H,35,38). The fourth-order valence-corrected chi connectivity index (χ4v) is 5.51. The summed E-state index contributed by atoms with van der Waals surface area (Å²) in [5.74, 6) is -0.170. The minimum atomic E-state index is -0.719.